The van der Waals surface area contributed by atoms with Crippen LogP contribution in [0.2, 0.25) is 0 Å². The molecule has 2 heterocycles. The summed E-state index contributed by atoms with van der Waals surface area (Å²) in [5.74, 6) is -1.08. The van der Waals surface area contributed by atoms with E-state index in [1.807, 2.05) is 13.8 Å². The number of ether oxygens (including phenoxy) is 2. The predicted molar refractivity (Wildman–Crippen MR) is 84.5 cm³/mol. The van der Waals surface area contributed by atoms with Gasteiger partial charge in [-0.05, 0) is 59.2 Å². The number of hydrogen-bond donors (Lipinski definition) is 2. The SMILES string of the molecule is CC(C)(O)[C@@H]1CC[C@](C)(N=C=S)[C@@H]2CC[C@@]3(C)O[C@H](O)[C@]21O3. The van der Waals surface area contributed by atoms with Gasteiger partial charge in [-0.1, -0.05) is 0 Å². The molecule has 1 spiro atoms. The maximum Gasteiger partial charge on any atom is 0.188 e. The van der Waals surface area contributed by atoms with Gasteiger partial charge in [0.1, 0.15) is 5.60 Å². The molecule has 3 fully saturated rings. The molecular formula is C16H25NO4S. The molecule has 2 aliphatic heterocycles. The molecule has 2 N–H and O–H groups in total. The highest BCUT2D eigenvalue weighted by molar-refractivity contribution is 7.78. The summed E-state index contributed by atoms with van der Waals surface area (Å²) in [5, 5.41) is 23.9. The summed E-state index contributed by atoms with van der Waals surface area (Å²) in [5.41, 5.74) is -2.37. The zero-order valence-electron chi connectivity index (χ0n) is 13.6. The van der Waals surface area contributed by atoms with Crippen LogP contribution in [0.5, 0.6) is 0 Å². The third kappa shape index (κ3) is 2.13. The van der Waals surface area contributed by atoms with Gasteiger partial charge in [-0.15, -0.1) is 0 Å². The molecule has 1 aliphatic carbocycles. The van der Waals surface area contributed by atoms with Gasteiger partial charge in [0.15, 0.2) is 12.1 Å². The van der Waals surface area contributed by atoms with E-state index in [9.17, 15) is 10.2 Å². The van der Waals surface area contributed by atoms with E-state index in [2.05, 4.69) is 10.2 Å². The van der Waals surface area contributed by atoms with Gasteiger partial charge in [0.25, 0.3) is 0 Å². The Balaban J connectivity index is 2.14. The van der Waals surface area contributed by atoms with Crippen LogP contribution in [0.4, 0.5) is 0 Å². The molecule has 0 aromatic rings. The van der Waals surface area contributed by atoms with Crippen molar-refractivity contribution in [3.8, 4) is 0 Å². The normalized spacial score (nSPS) is 51.1. The third-order valence-corrected chi connectivity index (χ3v) is 6.05. The van der Waals surface area contributed by atoms with E-state index >= 15 is 0 Å². The third-order valence-electron chi connectivity index (χ3n) is 5.96. The van der Waals surface area contributed by atoms with Crippen LogP contribution in [-0.2, 0) is 9.47 Å². The Morgan fingerprint density at radius 1 is 1.27 bits per heavy atom. The number of aliphatic imine (C=N–C) groups is 1. The van der Waals surface area contributed by atoms with Gasteiger partial charge < -0.3 is 19.7 Å². The second-order valence-electron chi connectivity index (χ2n) is 7.96. The first-order chi connectivity index (χ1) is 10.1. The molecule has 1 saturated carbocycles. The zero-order chi connectivity index (χ0) is 16.4. The van der Waals surface area contributed by atoms with Crippen molar-refractivity contribution in [1.29, 1.82) is 0 Å². The largest absolute Gasteiger partial charge is 0.390 e. The highest BCUT2D eigenvalue weighted by Crippen LogP contribution is 2.62. The van der Waals surface area contributed by atoms with Gasteiger partial charge in [-0.25, -0.2) is 4.99 Å². The maximum absolute atomic E-state index is 10.7. The number of aliphatic hydroxyl groups is 2. The van der Waals surface area contributed by atoms with Gasteiger partial charge in [-0.2, -0.15) is 0 Å². The number of isothiocyanates is 1. The van der Waals surface area contributed by atoms with Crippen molar-refractivity contribution in [2.24, 2.45) is 16.8 Å². The van der Waals surface area contributed by atoms with E-state index in [-0.39, 0.29) is 11.8 Å². The first kappa shape index (κ1) is 16.5. The summed E-state index contributed by atoms with van der Waals surface area (Å²) in [6, 6.07) is 0. The van der Waals surface area contributed by atoms with E-state index in [0.29, 0.717) is 12.8 Å². The average Bonchev–Trinajstić information content (AvgIpc) is 2.54. The molecule has 0 radical (unpaired) electrons. The average molecular weight is 327 g/mol. The van der Waals surface area contributed by atoms with Gasteiger partial charge in [0, 0.05) is 18.3 Å². The monoisotopic (exact) mass is 327 g/mol. The van der Waals surface area contributed by atoms with Crippen LogP contribution >= 0.6 is 12.2 Å². The molecule has 0 aromatic carbocycles. The Labute approximate surface area is 136 Å². The Morgan fingerprint density at radius 2 is 1.95 bits per heavy atom. The van der Waals surface area contributed by atoms with Gasteiger partial charge >= 0.3 is 0 Å². The van der Waals surface area contributed by atoms with Crippen molar-refractivity contribution in [3.05, 3.63) is 0 Å². The van der Waals surface area contributed by atoms with Crippen LogP contribution in [0.3, 0.4) is 0 Å². The summed E-state index contributed by atoms with van der Waals surface area (Å²) >= 11 is 4.84. The second-order valence-corrected chi connectivity index (χ2v) is 8.14. The lowest BCUT2D eigenvalue weighted by Gasteiger charge is -2.58. The standard InChI is InChI=1S/C16H25NO4S/c1-13(2,19)10-5-7-14(3,17-9-22)11-6-8-15(4)20-12(18)16(10,11)21-15/h10-12,18-19H,5-8H2,1-4H3/t10-,11-,12-,14-,15-,16+/m0/s1. The minimum atomic E-state index is -1.07. The second kappa shape index (κ2) is 4.82. The number of thiocarbonyl (C=S) groups is 1. The quantitative estimate of drug-likeness (QED) is 0.601. The molecule has 3 aliphatic rings. The molecule has 2 bridgehead atoms. The first-order valence-electron chi connectivity index (χ1n) is 7.95. The highest BCUT2D eigenvalue weighted by Gasteiger charge is 2.72. The van der Waals surface area contributed by atoms with E-state index in [1.165, 1.54) is 0 Å². The molecule has 22 heavy (non-hydrogen) atoms. The molecule has 5 nitrogen and oxygen atoms in total. The van der Waals surface area contributed by atoms with E-state index in [1.54, 1.807) is 13.8 Å². The number of fused-ring (bicyclic) bond motifs is 1. The van der Waals surface area contributed by atoms with Crippen molar-refractivity contribution < 1.29 is 19.7 Å². The van der Waals surface area contributed by atoms with Crippen LogP contribution in [0.15, 0.2) is 4.99 Å². The lowest BCUT2D eigenvalue weighted by Crippen LogP contribution is -2.68. The Hall–Kier alpha value is -0.360. The lowest BCUT2D eigenvalue weighted by molar-refractivity contribution is -0.268. The molecule has 0 unspecified atom stereocenters. The molecule has 124 valence electrons. The van der Waals surface area contributed by atoms with Crippen molar-refractivity contribution >= 4 is 17.4 Å². The molecular weight excluding hydrogens is 302 g/mol. The van der Waals surface area contributed by atoms with E-state index < -0.39 is 28.8 Å². The summed E-state index contributed by atoms with van der Waals surface area (Å²) in [4.78, 5) is 4.42. The molecule has 0 amide bonds. The van der Waals surface area contributed by atoms with E-state index in [4.69, 9.17) is 21.7 Å². The minimum Gasteiger partial charge on any atom is -0.390 e. The lowest BCUT2D eigenvalue weighted by atomic mass is 9.55. The van der Waals surface area contributed by atoms with E-state index in [0.717, 1.165) is 12.8 Å². The topological polar surface area (TPSA) is 71.3 Å². The minimum absolute atomic E-state index is 0.0637. The maximum atomic E-state index is 10.7. The fourth-order valence-corrected chi connectivity index (χ4v) is 5.23. The van der Waals surface area contributed by atoms with Crippen LogP contribution in [0.25, 0.3) is 0 Å². The molecule has 3 rings (SSSR count). The predicted octanol–water partition coefficient (Wildman–Crippen LogP) is 2.26. The molecule has 6 atom stereocenters. The number of hydrogen-bond acceptors (Lipinski definition) is 6. The summed E-state index contributed by atoms with van der Waals surface area (Å²) in [6.07, 6.45) is 1.91. The molecule has 2 saturated heterocycles. The fraction of sp³-hybridized carbons (Fsp3) is 0.938. The molecule has 6 heteroatoms. The number of nitrogens with zero attached hydrogens (tertiary/aromatic N) is 1. The smallest absolute Gasteiger partial charge is 0.188 e. The zero-order valence-corrected chi connectivity index (χ0v) is 14.4. The van der Waals surface area contributed by atoms with Gasteiger partial charge in [0.05, 0.1) is 16.3 Å². The van der Waals surface area contributed by atoms with Crippen molar-refractivity contribution in [2.75, 3.05) is 0 Å². The Morgan fingerprint density at radius 3 is 2.55 bits per heavy atom. The van der Waals surface area contributed by atoms with Crippen molar-refractivity contribution in [3.63, 3.8) is 0 Å². The van der Waals surface area contributed by atoms with Crippen molar-refractivity contribution in [1.82, 2.24) is 0 Å². The van der Waals surface area contributed by atoms with Crippen LogP contribution in [0.1, 0.15) is 53.4 Å². The summed E-state index contributed by atoms with van der Waals surface area (Å²) in [7, 11) is 0. The van der Waals surface area contributed by atoms with Crippen LogP contribution < -0.4 is 0 Å². The Kier molecular flexibility index (Phi) is 3.61. The van der Waals surface area contributed by atoms with Crippen LogP contribution in [0, 0.1) is 11.8 Å². The first-order valence-corrected chi connectivity index (χ1v) is 8.36. The highest BCUT2D eigenvalue weighted by atomic mass is 32.1. The van der Waals surface area contributed by atoms with Gasteiger partial charge in [-0.3, -0.25) is 0 Å². The fourth-order valence-electron chi connectivity index (χ4n) is 5.02. The number of rotatable bonds is 2. The summed E-state index contributed by atoms with van der Waals surface area (Å²) < 4.78 is 12.1. The van der Waals surface area contributed by atoms with Gasteiger partial charge in [0.2, 0.25) is 0 Å². The Bertz CT molecular complexity index is 529. The number of aliphatic hydroxyl groups excluding tert-OH is 1. The molecule has 0 aromatic heterocycles. The summed E-state index contributed by atoms with van der Waals surface area (Å²) in [6.45, 7) is 7.44. The van der Waals surface area contributed by atoms with Crippen LogP contribution in [-0.4, -0.2) is 44.2 Å². The van der Waals surface area contributed by atoms with Crippen molar-refractivity contribution in [2.45, 2.75) is 82.2 Å².